The third-order valence-corrected chi connectivity index (χ3v) is 6.41. The topological polar surface area (TPSA) is 15.3 Å². The molecule has 0 aliphatic heterocycles. The van der Waals surface area contributed by atoms with Crippen molar-refractivity contribution in [2.75, 3.05) is 20.1 Å². The second-order valence-electron chi connectivity index (χ2n) is 5.92. The Bertz CT molecular complexity index is 380. The average molecular weight is 359 g/mol. The van der Waals surface area contributed by atoms with Gasteiger partial charge in [-0.2, -0.15) is 0 Å². The molecule has 114 valence electrons. The maximum atomic E-state index is 3.58. The summed E-state index contributed by atoms with van der Waals surface area (Å²) < 4.78 is 1.25. The van der Waals surface area contributed by atoms with E-state index in [4.69, 9.17) is 0 Å². The lowest BCUT2D eigenvalue weighted by atomic mass is 9.94. The molecule has 0 bridgehead atoms. The van der Waals surface area contributed by atoms with Crippen LogP contribution in [0.3, 0.4) is 0 Å². The van der Waals surface area contributed by atoms with E-state index in [-0.39, 0.29) is 0 Å². The highest BCUT2D eigenvalue weighted by Crippen LogP contribution is 2.26. The molecular weight excluding hydrogens is 332 g/mol. The molecular formula is C16H27BrN2S. The lowest BCUT2D eigenvalue weighted by Gasteiger charge is -2.31. The number of nitrogens with one attached hydrogen (secondary N) is 1. The highest BCUT2D eigenvalue weighted by Gasteiger charge is 2.17. The summed E-state index contributed by atoms with van der Waals surface area (Å²) in [6, 6.07) is 3.08. The SMILES string of the molecule is Cc1sc(CNCCCN(C)C2CCCCC2)cc1Br. The van der Waals surface area contributed by atoms with Gasteiger partial charge in [0.25, 0.3) is 0 Å². The van der Waals surface area contributed by atoms with Gasteiger partial charge in [-0.15, -0.1) is 11.3 Å². The minimum atomic E-state index is 0.847. The van der Waals surface area contributed by atoms with Crippen LogP contribution in [0.15, 0.2) is 10.5 Å². The quantitative estimate of drug-likeness (QED) is 0.718. The van der Waals surface area contributed by atoms with E-state index in [2.05, 4.69) is 46.2 Å². The minimum Gasteiger partial charge on any atom is -0.312 e. The van der Waals surface area contributed by atoms with Crippen LogP contribution in [0, 0.1) is 6.92 Å². The Kier molecular flexibility index (Phi) is 7.02. The maximum Gasteiger partial charge on any atom is 0.0314 e. The highest BCUT2D eigenvalue weighted by molar-refractivity contribution is 9.10. The van der Waals surface area contributed by atoms with Gasteiger partial charge in [-0.1, -0.05) is 19.3 Å². The Morgan fingerprint density at radius 1 is 1.35 bits per heavy atom. The number of nitrogens with zero attached hydrogens (tertiary/aromatic N) is 1. The smallest absolute Gasteiger partial charge is 0.0314 e. The zero-order chi connectivity index (χ0) is 14.4. The van der Waals surface area contributed by atoms with E-state index >= 15 is 0 Å². The molecule has 1 aromatic heterocycles. The Labute approximate surface area is 136 Å². The fourth-order valence-corrected chi connectivity index (χ4v) is 4.55. The van der Waals surface area contributed by atoms with Crippen LogP contribution in [0.25, 0.3) is 0 Å². The van der Waals surface area contributed by atoms with Crippen molar-refractivity contribution in [1.82, 2.24) is 10.2 Å². The van der Waals surface area contributed by atoms with Gasteiger partial charge in [0.15, 0.2) is 0 Å². The van der Waals surface area contributed by atoms with Crippen molar-refractivity contribution >= 4 is 27.3 Å². The Morgan fingerprint density at radius 3 is 2.75 bits per heavy atom. The van der Waals surface area contributed by atoms with Gasteiger partial charge < -0.3 is 10.2 Å². The molecule has 0 aromatic carbocycles. The highest BCUT2D eigenvalue weighted by atomic mass is 79.9. The average Bonchev–Trinajstić information content (AvgIpc) is 2.78. The van der Waals surface area contributed by atoms with E-state index in [9.17, 15) is 0 Å². The molecule has 0 unspecified atom stereocenters. The molecule has 1 aliphatic carbocycles. The number of aryl methyl sites for hydroxylation is 1. The molecule has 1 N–H and O–H groups in total. The first-order chi connectivity index (χ1) is 9.66. The predicted molar refractivity (Wildman–Crippen MR) is 92.6 cm³/mol. The summed E-state index contributed by atoms with van der Waals surface area (Å²) in [5, 5.41) is 3.56. The lowest BCUT2D eigenvalue weighted by Crippen LogP contribution is -2.35. The molecule has 1 saturated carbocycles. The van der Waals surface area contributed by atoms with E-state index < -0.39 is 0 Å². The molecule has 2 rings (SSSR count). The Hall–Kier alpha value is 0.100. The van der Waals surface area contributed by atoms with Crippen LogP contribution < -0.4 is 5.32 Å². The Morgan fingerprint density at radius 2 is 2.10 bits per heavy atom. The van der Waals surface area contributed by atoms with Crippen molar-refractivity contribution in [2.45, 2.75) is 58.0 Å². The second-order valence-corrected chi connectivity index (χ2v) is 8.11. The number of hydrogen-bond acceptors (Lipinski definition) is 3. The van der Waals surface area contributed by atoms with Crippen molar-refractivity contribution in [3.05, 3.63) is 20.3 Å². The van der Waals surface area contributed by atoms with Gasteiger partial charge in [-0.25, -0.2) is 0 Å². The lowest BCUT2D eigenvalue weighted by molar-refractivity contribution is 0.189. The standard InChI is InChI=1S/C16H27BrN2S/c1-13-16(17)11-15(20-13)12-18-9-6-10-19(2)14-7-4-3-5-8-14/h11,14,18H,3-10,12H2,1-2H3. The molecule has 20 heavy (non-hydrogen) atoms. The van der Waals surface area contributed by atoms with Crippen molar-refractivity contribution in [3.8, 4) is 0 Å². The molecule has 0 radical (unpaired) electrons. The van der Waals surface area contributed by atoms with E-state index in [0.29, 0.717) is 0 Å². The molecule has 0 atom stereocenters. The molecule has 1 aliphatic rings. The first kappa shape index (κ1) is 16.5. The second kappa shape index (κ2) is 8.52. The van der Waals surface area contributed by atoms with Crippen LogP contribution in [0.4, 0.5) is 0 Å². The first-order valence-corrected chi connectivity index (χ1v) is 9.43. The molecule has 0 saturated heterocycles. The van der Waals surface area contributed by atoms with Crippen LogP contribution in [-0.2, 0) is 6.54 Å². The molecule has 2 nitrogen and oxygen atoms in total. The largest absolute Gasteiger partial charge is 0.312 e. The van der Waals surface area contributed by atoms with Crippen LogP contribution in [0.5, 0.6) is 0 Å². The molecule has 0 spiro atoms. The molecule has 1 heterocycles. The summed E-state index contributed by atoms with van der Waals surface area (Å²) in [5.74, 6) is 0. The third kappa shape index (κ3) is 5.14. The van der Waals surface area contributed by atoms with Crippen LogP contribution in [0.1, 0.15) is 48.3 Å². The first-order valence-electron chi connectivity index (χ1n) is 7.82. The molecule has 1 aromatic rings. The molecule has 0 amide bonds. The number of halogens is 1. The van der Waals surface area contributed by atoms with Crippen molar-refractivity contribution in [1.29, 1.82) is 0 Å². The van der Waals surface area contributed by atoms with Gasteiger partial charge in [-0.05, 0) is 68.3 Å². The van der Waals surface area contributed by atoms with Crippen LogP contribution in [0.2, 0.25) is 0 Å². The summed E-state index contributed by atoms with van der Waals surface area (Å²) in [5.41, 5.74) is 0. The van der Waals surface area contributed by atoms with Gasteiger partial charge in [0.2, 0.25) is 0 Å². The van der Waals surface area contributed by atoms with Crippen molar-refractivity contribution < 1.29 is 0 Å². The normalized spacial score (nSPS) is 17.0. The summed E-state index contributed by atoms with van der Waals surface area (Å²) in [6.45, 7) is 5.51. The van der Waals surface area contributed by atoms with Crippen LogP contribution >= 0.6 is 27.3 Å². The Balaban J connectivity index is 1.56. The minimum absolute atomic E-state index is 0.847. The summed E-state index contributed by atoms with van der Waals surface area (Å²) in [4.78, 5) is 5.38. The zero-order valence-corrected chi connectivity index (χ0v) is 15.2. The van der Waals surface area contributed by atoms with E-state index in [1.54, 1.807) is 0 Å². The van der Waals surface area contributed by atoms with Gasteiger partial charge in [0.1, 0.15) is 0 Å². The van der Waals surface area contributed by atoms with E-state index in [1.165, 1.54) is 59.3 Å². The number of rotatable bonds is 7. The summed E-state index contributed by atoms with van der Waals surface area (Å²) in [6.07, 6.45) is 8.37. The van der Waals surface area contributed by atoms with E-state index in [0.717, 1.165) is 19.1 Å². The van der Waals surface area contributed by atoms with Crippen molar-refractivity contribution in [3.63, 3.8) is 0 Å². The number of thiophene rings is 1. The van der Waals surface area contributed by atoms with Crippen molar-refractivity contribution in [2.24, 2.45) is 0 Å². The maximum absolute atomic E-state index is 3.58. The van der Waals surface area contributed by atoms with Gasteiger partial charge >= 0.3 is 0 Å². The third-order valence-electron chi connectivity index (χ3n) is 4.27. The zero-order valence-electron chi connectivity index (χ0n) is 12.8. The summed E-state index contributed by atoms with van der Waals surface area (Å²) >= 11 is 5.46. The molecule has 1 fully saturated rings. The van der Waals surface area contributed by atoms with Gasteiger partial charge in [0, 0.05) is 26.8 Å². The fourth-order valence-electron chi connectivity index (χ4n) is 2.97. The fraction of sp³-hybridized carbons (Fsp3) is 0.750. The van der Waals surface area contributed by atoms with Crippen LogP contribution in [-0.4, -0.2) is 31.1 Å². The van der Waals surface area contributed by atoms with Gasteiger partial charge in [0.05, 0.1) is 0 Å². The van der Waals surface area contributed by atoms with Gasteiger partial charge in [-0.3, -0.25) is 0 Å². The molecule has 4 heteroatoms. The monoisotopic (exact) mass is 358 g/mol. The summed E-state index contributed by atoms with van der Waals surface area (Å²) in [7, 11) is 2.30. The predicted octanol–water partition coefficient (Wildman–Crippen LogP) is 4.56. The number of hydrogen-bond donors (Lipinski definition) is 1. The van der Waals surface area contributed by atoms with E-state index in [1.807, 2.05) is 11.3 Å².